The Bertz CT molecular complexity index is 589. The summed E-state index contributed by atoms with van der Waals surface area (Å²) >= 11 is 0. The number of carbonyl (C=O) groups is 1. The highest BCUT2D eigenvalue weighted by Gasteiger charge is 2.61. The van der Waals surface area contributed by atoms with E-state index in [9.17, 15) is 4.79 Å². The van der Waals surface area contributed by atoms with Gasteiger partial charge in [-0.2, -0.15) is 4.98 Å². The van der Waals surface area contributed by atoms with Crippen molar-refractivity contribution < 1.29 is 14.1 Å². The second-order valence-electron chi connectivity index (χ2n) is 7.94. The lowest BCUT2D eigenvalue weighted by Gasteiger charge is -2.10. The van der Waals surface area contributed by atoms with Crippen molar-refractivity contribution in [1.29, 1.82) is 0 Å². The van der Waals surface area contributed by atoms with E-state index >= 15 is 0 Å². The van der Waals surface area contributed by atoms with E-state index in [0.717, 1.165) is 0 Å². The number of nitrogens with zero attached hydrogens (tertiary/aromatic N) is 2. The first-order chi connectivity index (χ1) is 10.0. The van der Waals surface area contributed by atoms with Gasteiger partial charge in [-0.15, -0.1) is 0 Å². The van der Waals surface area contributed by atoms with E-state index in [-0.39, 0.29) is 35.2 Å². The molecule has 122 valence electrons. The summed E-state index contributed by atoms with van der Waals surface area (Å²) in [6.45, 7) is 14.3. The van der Waals surface area contributed by atoms with Gasteiger partial charge in [0.15, 0.2) is 12.4 Å². The summed E-state index contributed by atoms with van der Waals surface area (Å²) in [7, 11) is 0. The number of esters is 1. The first kappa shape index (κ1) is 16.7. The average Bonchev–Trinajstić information content (AvgIpc) is 2.77. The molecule has 1 aromatic heterocycles. The zero-order chi connectivity index (χ0) is 16.7. The van der Waals surface area contributed by atoms with Crippen LogP contribution in [0.4, 0.5) is 0 Å². The molecule has 2 atom stereocenters. The van der Waals surface area contributed by atoms with Crippen LogP contribution in [0, 0.1) is 17.3 Å². The van der Waals surface area contributed by atoms with Gasteiger partial charge >= 0.3 is 5.97 Å². The number of hydrogen-bond donors (Lipinski definition) is 0. The molecule has 1 heterocycles. The van der Waals surface area contributed by atoms with Crippen LogP contribution >= 0.6 is 0 Å². The van der Waals surface area contributed by atoms with Gasteiger partial charge in [0, 0.05) is 5.41 Å². The molecule has 1 aliphatic rings. The van der Waals surface area contributed by atoms with Gasteiger partial charge in [-0.1, -0.05) is 51.4 Å². The largest absolute Gasteiger partial charge is 0.455 e. The van der Waals surface area contributed by atoms with E-state index in [4.69, 9.17) is 9.26 Å². The molecule has 0 amide bonds. The second-order valence-corrected chi connectivity index (χ2v) is 7.94. The molecule has 1 saturated carbocycles. The van der Waals surface area contributed by atoms with Crippen LogP contribution in [0.3, 0.4) is 0 Å². The average molecular weight is 306 g/mol. The molecule has 0 aromatic carbocycles. The highest BCUT2D eigenvalue weighted by Crippen LogP contribution is 2.59. The van der Waals surface area contributed by atoms with Crippen LogP contribution < -0.4 is 0 Å². The fraction of sp³-hybridized carbons (Fsp3) is 0.706. The molecule has 0 saturated heterocycles. The van der Waals surface area contributed by atoms with Crippen molar-refractivity contribution in [2.45, 2.75) is 60.5 Å². The van der Waals surface area contributed by atoms with Crippen molar-refractivity contribution in [2.24, 2.45) is 17.3 Å². The lowest BCUT2D eigenvalue weighted by Crippen LogP contribution is -2.14. The van der Waals surface area contributed by atoms with Crippen molar-refractivity contribution in [1.82, 2.24) is 10.1 Å². The molecule has 0 radical (unpaired) electrons. The number of rotatable bonds is 4. The summed E-state index contributed by atoms with van der Waals surface area (Å²) < 4.78 is 10.5. The molecule has 0 N–H and O–H groups in total. The molecule has 5 heteroatoms. The topological polar surface area (TPSA) is 65.2 Å². The van der Waals surface area contributed by atoms with Crippen LogP contribution in [0.2, 0.25) is 0 Å². The van der Waals surface area contributed by atoms with Crippen LogP contribution in [-0.4, -0.2) is 16.1 Å². The predicted molar refractivity (Wildman–Crippen MR) is 83.0 cm³/mol. The zero-order valence-corrected chi connectivity index (χ0v) is 14.6. The Labute approximate surface area is 132 Å². The fourth-order valence-electron chi connectivity index (χ4n) is 2.64. The van der Waals surface area contributed by atoms with Gasteiger partial charge in [0.05, 0.1) is 5.92 Å². The summed E-state index contributed by atoms with van der Waals surface area (Å²) in [5.41, 5.74) is 0.999. The molecular formula is C17H26N2O3. The third-order valence-corrected chi connectivity index (χ3v) is 4.15. The van der Waals surface area contributed by atoms with Gasteiger partial charge in [-0.25, -0.2) is 0 Å². The fourth-order valence-corrected chi connectivity index (χ4v) is 2.64. The summed E-state index contributed by atoms with van der Waals surface area (Å²) in [5, 5.41) is 3.92. The number of hydrogen-bond acceptors (Lipinski definition) is 5. The third-order valence-electron chi connectivity index (χ3n) is 4.15. The highest BCUT2D eigenvalue weighted by atomic mass is 16.6. The molecule has 0 bridgehead atoms. The van der Waals surface area contributed by atoms with Gasteiger partial charge < -0.3 is 9.26 Å². The van der Waals surface area contributed by atoms with Crippen molar-refractivity contribution in [3.8, 4) is 0 Å². The monoisotopic (exact) mass is 306 g/mol. The Morgan fingerprint density at radius 2 is 2.00 bits per heavy atom. The number of carbonyl (C=O) groups excluding carboxylic acids is 1. The van der Waals surface area contributed by atoms with E-state index in [1.807, 2.05) is 34.6 Å². The molecule has 1 fully saturated rings. The summed E-state index contributed by atoms with van der Waals surface area (Å²) in [6.07, 6.45) is 2.15. The smallest absolute Gasteiger partial charge is 0.310 e. The van der Waals surface area contributed by atoms with Gasteiger partial charge in [-0.05, 0) is 25.2 Å². The summed E-state index contributed by atoms with van der Waals surface area (Å²) in [5.74, 6) is 0.927. The van der Waals surface area contributed by atoms with Gasteiger partial charge in [0.25, 0.3) is 5.89 Å². The lowest BCUT2D eigenvalue weighted by molar-refractivity contribution is -0.148. The molecule has 22 heavy (non-hydrogen) atoms. The lowest BCUT2D eigenvalue weighted by atomic mass is 9.96. The first-order valence-electron chi connectivity index (χ1n) is 7.68. The molecule has 5 nitrogen and oxygen atoms in total. The standard InChI is InChI=1S/C17H26N2O3/c1-10(2)8-11-13(17(11,6)7)14(20)21-9-12-18-15(19-22-12)16(3,4)5/h8,11,13H,9H2,1-7H3/t11-,13+/m1/s1. The van der Waals surface area contributed by atoms with E-state index in [1.165, 1.54) is 5.57 Å². The molecule has 2 rings (SSSR count). The quantitative estimate of drug-likeness (QED) is 0.627. The number of allylic oxidation sites excluding steroid dienone is 2. The van der Waals surface area contributed by atoms with Crippen molar-refractivity contribution >= 4 is 5.97 Å². The molecule has 0 aliphatic heterocycles. The van der Waals surface area contributed by atoms with Crippen LogP contribution in [-0.2, 0) is 21.6 Å². The number of ether oxygens (including phenoxy) is 1. The SMILES string of the molecule is CC(C)=C[C@@H]1[C@@H](C(=O)OCc2nc(C(C)(C)C)no2)C1(C)C. The maximum absolute atomic E-state index is 12.2. The first-order valence-corrected chi connectivity index (χ1v) is 7.68. The van der Waals surface area contributed by atoms with Gasteiger partial charge in [0.1, 0.15) is 0 Å². The zero-order valence-electron chi connectivity index (χ0n) is 14.6. The normalized spacial score (nSPS) is 23.0. The number of aromatic nitrogens is 2. The minimum atomic E-state index is -0.192. The minimum absolute atomic E-state index is 0.0377. The van der Waals surface area contributed by atoms with Crippen LogP contribution in [0.5, 0.6) is 0 Å². The summed E-state index contributed by atoms with van der Waals surface area (Å²) in [6, 6.07) is 0. The minimum Gasteiger partial charge on any atom is -0.455 e. The van der Waals surface area contributed by atoms with Crippen LogP contribution in [0.15, 0.2) is 16.2 Å². The molecule has 0 unspecified atom stereocenters. The Morgan fingerprint density at radius 3 is 2.50 bits per heavy atom. The maximum atomic E-state index is 12.2. The molecule has 0 spiro atoms. The molecular weight excluding hydrogens is 280 g/mol. The Morgan fingerprint density at radius 1 is 1.36 bits per heavy atom. The van der Waals surface area contributed by atoms with Crippen molar-refractivity contribution in [2.75, 3.05) is 0 Å². The van der Waals surface area contributed by atoms with Crippen LogP contribution in [0.25, 0.3) is 0 Å². The Balaban J connectivity index is 1.94. The summed E-state index contributed by atoms with van der Waals surface area (Å²) in [4.78, 5) is 16.5. The molecule has 1 aromatic rings. The van der Waals surface area contributed by atoms with E-state index < -0.39 is 0 Å². The van der Waals surface area contributed by atoms with Crippen LogP contribution in [0.1, 0.15) is 60.2 Å². The van der Waals surface area contributed by atoms with E-state index in [2.05, 4.69) is 30.1 Å². The second kappa shape index (κ2) is 5.52. The van der Waals surface area contributed by atoms with Gasteiger partial charge in [-0.3, -0.25) is 4.79 Å². The van der Waals surface area contributed by atoms with Crippen molar-refractivity contribution in [3.63, 3.8) is 0 Å². The Kier molecular flexibility index (Phi) is 4.20. The third kappa shape index (κ3) is 3.39. The van der Waals surface area contributed by atoms with Gasteiger partial charge in [0.2, 0.25) is 0 Å². The Hall–Kier alpha value is -1.65. The molecule has 1 aliphatic carbocycles. The van der Waals surface area contributed by atoms with E-state index in [1.54, 1.807) is 0 Å². The van der Waals surface area contributed by atoms with Crippen molar-refractivity contribution in [3.05, 3.63) is 23.4 Å². The predicted octanol–water partition coefficient (Wildman–Crippen LogP) is 3.65. The maximum Gasteiger partial charge on any atom is 0.310 e. The van der Waals surface area contributed by atoms with E-state index in [0.29, 0.717) is 11.7 Å². The highest BCUT2D eigenvalue weighted by molar-refractivity contribution is 5.78.